The van der Waals surface area contributed by atoms with Gasteiger partial charge in [0.1, 0.15) is 49.1 Å². The minimum atomic E-state index is -1.50. The van der Waals surface area contributed by atoms with Gasteiger partial charge in [-0.25, -0.2) is 4.98 Å². The van der Waals surface area contributed by atoms with E-state index in [0.717, 1.165) is 21.9 Å². The number of nitrogens with one attached hydrogen (secondary N) is 4. The number of hydrogen-bond donors (Lipinski definition) is 7. The Hall–Kier alpha value is -6.05. The van der Waals surface area contributed by atoms with Gasteiger partial charge in [-0.1, -0.05) is 60.7 Å². The predicted molar refractivity (Wildman–Crippen MR) is 215 cm³/mol. The van der Waals surface area contributed by atoms with Gasteiger partial charge in [0, 0.05) is 24.1 Å². The molecule has 2 heterocycles. The molecule has 1 aromatic heterocycles. The van der Waals surface area contributed by atoms with Gasteiger partial charge < -0.3 is 56.2 Å². The first-order valence-corrected chi connectivity index (χ1v) is 19.4. The molecule has 0 radical (unpaired) electrons. The van der Waals surface area contributed by atoms with E-state index in [1.165, 1.54) is 20.8 Å². The van der Waals surface area contributed by atoms with Crippen LogP contribution in [-0.2, 0) is 49.5 Å². The summed E-state index contributed by atoms with van der Waals surface area (Å²) in [6, 6.07) is 20.2. The van der Waals surface area contributed by atoms with Gasteiger partial charge in [-0.15, -0.1) is 0 Å². The number of amides is 5. The average molecular weight is 831 g/mol. The van der Waals surface area contributed by atoms with Crippen LogP contribution in [0.2, 0.25) is 0 Å². The number of nitrogens with two attached hydrogens (primary N) is 1. The van der Waals surface area contributed by atoms with Crippen LogP contribution in [0.4, 0.5) is 0 Å². The Morgan fingerprint density at radius 2 is 1.63 bits per heavy atom. The number of rotatable bonds is 19. The maximum absolute atomic E-state index is 13.2. The Labute approximate surface area is 345 Å². The monoisotopic (exact) mass is 830 g/mol. The number of ether oxygens (including phenoxy) is 4. The fraction of sp³-hybridized carbons (Fsp3) is 0.405. The van der Waals surface area contributed by atoms with E-state index in [1.807, 2.05) is 66.7 Å². The molecule has 5 rings (SSSR count). The van der Waals surface area contributed by atoms with E-state index in [-0.39, 0.29) is 32.6 Å². The second kappa shape index (κ2) is 21.3. The van der Waals surface area contributed by atoms with Crippen molar-refractivity contribution in [3.63, 3.8) is 0 Å². The molecule has 60 heavy (non-hydrogen) atoms. The number of nitrogens with zero attached hydrogens (tertiary/aromatic N) is 1. The third-order valence-corrected chi connectivity index (χ3v) is 9.70. The summed E-state index contributed by atoms with van der Waals surface area (Å²) >= 11 is 0. The third-order valence-electron chi connectivity index (χ3n) is 9.70. The lowest BCUT2D eigenvalue weighted by molar-refractivity contribution is -0.283. The van der Waals surface area contributed by atoms with E-state index in [9.17, 15) is 39.0 Å². The first kappa shape index (κ1) is 45.0. The summed E-state index contributed by atoms with van der Waals surface area (Å²) in [5.74, 6) is -4.15. The quantitative estimate of drug-likeness (QED) is 0.0386. The highest BCUT2D eigenvalue weighted by Gasteiger charge is 2.48. The fourth-order valence-electron chi connectivity index (χ4n) is 6.53. The fourth-order valence-corrected chi connectivity index (χ4v) is 6.53. The van der Waals surface area contributed by atoms with Crippen LogP contribution in [0.5, 0.6) is 0 Å². The number of carbonyl (C=O) groups is 6. The average Bonchev–Trinajstić information content (AvgIpc) is 3.23. The molecule has 1 aliphatic heterocycles. The van der Waals surface area contributed by atoms with Gasteiger partial charge in [-0.05, 0) is 44.0 Å². The number of aliphatic hydroxyl groups excluding tert-OH is 2. The molecule has 0 spiro atoms. The summed E-state index contributed by atoms with van der Waals surface area (Å²) in [5, 5.41) is 32.9. The molecule has 1 fully saturated rings. The van der Waals surface area contributed by atoms with Crippen LogP contribution in [-0.4, -0.2) is 119 Å². The number of aliphatic hydroxyl groups is 2. The number of primary amides is 1. The maximum atomic E-state index is 13.2. The zero-order chi connectivity index (χ0) is 43.3. The zero-order valence-electron chi connectivity index (χ0n) is 33.4. The van der Waals surface area contributed by atoms with E-state index in [1.54, 1.807) is 12.1 Å². The van der Waals surface area contributed by atoms with Crippen molar-refractivity contribution < 1.29 is 57.9 Å². The first-order valence-electron chi connectivity index (χ1n) is 19.4. The van der Waals surface area contributed by atoms with Gasteiger partial charge in [0.25, 0.3) is 5.91 Å². The molecule has 0 bridgehead atoms. The van der Waals surface area contributed by atoms with Crippen molar-refractivity contribution in [2.24, 2.45) is 5.73 Å². The molecule has 8 atom stereocenters. The summed E-state index contributed by atoms with van der Waals surface area (Å²) in [5.41, 5.74) is 7.92. The normalized spacial score (nSPS) is 20.3. The Balaban J connectivity index is 1.08. The lowest BCUT2D eigenvalue weighted by Gasteiger charge is -2.44. The molecule has 3 aromatic carbocycles. The number of esters is 1. The van der Waals surface area contributed by atoms with Crippen molar-refractivity contribution in [1.82, 2.24) is 26.3 Å². The van der Waals surface area contributed by atoms with Crippen LogP contribution in [0.1, 0.15) is 49.5 Å². The van der Waals surface area contributed by atoms with Crippen molar-refractivity contribution in [3.05, 3.63) is 90.0 Å². The van der Waals surface area contributed by atoms with E-state index in [4.69, 9.17) is 24.7 Å². The number of benzene rings is 3. The highest BCUT2D eigenvalue weighted by atomic mass is 16.7. The molecule has 18 heteroatoms. The van der Waals surface area contributed by atoms with Crippen LogP contribution in [0.25, 0.3) is 21.8 Å². The van der Waals surface area contributed by atoms with Crippen molar-refractivity contribution >= 4 is 57.3 Å². The smallest absolute Gasteiger partial charge is 0.305 e. The van der Waals surface area contributed by atoms with Gasteiger partial charge >= 0.3 is 5.97 Å². The number of carbonyl (C=O) groups excluding carboxylic acids is 6. The second-order valence-corrected chi connectivity index (χ2v) is 14.2. The van der Waals surface area contributed by atoms with Gasteiger partial charge in [-0.2, -0.15) is 0 Å². The lowest BCUT2D eigenvalue weighted by Crippen LogP contribution is -2.66. The van der Waals surface area contributed by atoms with E-state index < -0.39 is 90.9 Å². The van der Waals surface area contributed by atoms with Crippen LogP contribution >= 0.6 is 0 Å². The van der Waals surface area contributed by atoms with Gasteiger partial charge in [0.05, 0.1) is 36.4 Å². The molecule has 18 nitrogen and oxygen atoms in total. The lowest BCUT2D eigenvalue weighted by atomic mass is 9.96. The van der Waals surface area contributed by atoms with Crippen molar-refractivity contribution in [1.29, 1.82) is 0 Å². The largest absolute Gasteiger partial charge is 0.464 e. The molecular weight excluding hydrogens is 780 g/mol. The highest BCUT2D eigenvalue weighted by molar-refractivity contribution is 6.07. The molecule has 0 saturated carbocycles. The number of pyridine rings is 1. The highest BCUT2D eigenvalue weighted by Crippen LogP contribution is 2.27. The molecule has 0 aliphatic carbocycles. The maximum Gasteiger partial charge on any atom is 0.305 e. The number of para-hydroxylation sites is 2. The third kappa shape index (κ3) is 12.0. The van der Waals surface area contributed by atoms with Gasteiger partial charge in [0.2, 0.25) is 23.6 Å². The molecule has 8 N–H and O–H groups in total. The topological polar surface area (TPSA) is 267 Å². The molecule has 4 aromatic rings. The van der Waals surface area contributed by atoms with Crippen LogP contribution < -0.4 is 27.0 Å². The molecule has 320 valence electrons. The molecule has 1 saturated heterocycles. The standard InChI is InChI=1S/C42H50N6O12/c1-23(45-40(55)24(2)59-37-35(46-25(3)50)42(60-32(21-49)36(37)52)58-22-26-10-5-4-6-11-26)39(54)48-31(38(43)53)16-17-33(51)57-19-18-44-41(56)29-14-9-13-28-20-27-12-7-8-15-30(27)47-34(28)29/h4-15,20,23-24,31-32,35-37,42,49,52H,16-19,21-22H2,1-3H3,(H2,43,53)(H,44,56)(H,45,55)(H,46,50)(H,48,54)/t23-,24?,31-,32?,35+,36?,37+,42-/m1/s1. The van der Waals surface area contributed by atoms with Crippen molar-refractivity contribution in [3.8, 4) is 0 Å². The zero-order valence-corrected chi connectivity index (χ0v) is 33.4. The minimum absolute atomic E-state index is 0.00408. The molecule has 3 unspecified atom stereocenters. The van der Waals surface area contributed by atoms with E-state index in [0.29, 0.717) is 11.1 Å². The summed E-state index contributed by atoms with van der Waals surface area (Å²) < 4.78 is 22.8. The first-order chi connectivity index (χ1) is 28.7. The summed E-state index contributed by atoms with van der Waals surface area (Å²) in [7, 11) is 0. The SMILES string of the molecule is CC(=O)N[C@@H]1[C@H](OCc2ccccc2)OC(CO)C(O)[C@H]1OC(C)C(=O)N[C@H](C)C(=O)N[C@H](CCC(=O)OCCNC(=O)c1cccc2cc3ccccc3nc12)C(N)=O. The van der Waals surface area contributed by atoms with E-state index in [2.05, 4.69) is 26.3 Å². The molecule has 5 amide bonds. The predicted octanol–water partition coefficient (Wildman–Crippen LogP) is 0.489. The Bertz CT molecular complexity index is 2160. The Kier molecular flexibility index (Phi) is 16.0. The van der Waals surface area contributed by atoms with Gasteiger partial charge in [0.15, 0.2) is 6.29 Å². The summed E-state index contributed by atoms with van der Waals surface area (Å²) in [4.78, 5) is 80.8. The summed E-state index contributed by atoms with van der Waals surface area (Å²) in [6.45, 7) is 3.20. The molecule has 1 aliphatic rings. The number of aromatic nitrogens is 1. The Morgan fingerprint density at radius 1 is 0.917 bits per heavy atom. The van der Waals surface area contributed by atoms with Crippen molar-refractivity contribution in [2.45, 2.75) is 89.1 Å². The van der Waals surface area contributed by atoms with Crippen molar-refractivity contribution in [2.75, 3.05) is 19.8 Å². The van der Waals surface area contributed by atoms with Crippen LogP contribution in [0.15, 0.2) is 78.9 Å². The van der Waals surface area contributed by atoms with E-state index >= 15 is 0 Å². The second-order valence-electron chi connectivity index (χ2n) is 14.2. The Morgan fingerprint density at radius 3 is 2.35 bits per heavy atom. The number of hydrogen-bond acceptors (Lipinski definition) is 13. The number of fused-ring (bicyclic) bond motifs is 2. The van der Waals surface area contributed by atoms with Gasteiger partial charge in [-0.3, -0.25) is 28.8 Å². The minimum Gasteiger partial charge on any atom is -0.464 e. The summed E-state index contributed by atoms with van der Waals surface area (Å²) in [6.07, 6.45) is -7.03. The van der Waals surface area contributed by atoms with Crippen LogP contribution in [0, 0.1) is 0 Å². The van der Waals surface area contributed by atoms with Crippen LogP contribution in [0.3, 0.4) is 0 Å². The molecular formula is C42H50N6O12.